The van der Waals surface area contributed by atoms with Gasteiger partial charge in [0.25, 0.3) is 5.69 Å². The van der Waals surface area contributed by atoms with Gasteiger partial charge < -0.3 is 4.74 Å². The van der Waals surface area contributed by atoms with E-state index in [9.17, 15) is 19.3 Å². The van der Waals surface area contributed by atoms with Crippen molar-refractivity contribution >= 4 is 12.0 Å². The second-order valence-corrected chi connectivity index (χ2v) is 3.90. The van der Waals surface area contributed by atoms with Crippen LogP contribution in [0, 0.1) is 15.9 Å². The fourth-order valence-corrected chi connectivity index (χ4v) is 1.54. The SMILES string of the molecule is O=Cc1ccc(OCc2cc(F)cc([N+](=O)[O-])c2)cn1. The highest BCUT2D eigenvalue weighted by molar-refractivity contribution is 5.71. The van der Waals surface area contributed by atoms with Crippen LogP contribution in [0.4, 0.5) is 10.1 Å². The minimum Gasteiger partial charge on any atom is -0.487 e. The zero-order valence-corrected chi connectivity index (χ0v) is 10.2. The van der Waals surface area contributed by atoms with Gasteiger partial charge >= 0.3 is 0 Å². The van der Waals surface area contributed by atoms with Crippen LogP contribution in [0.25, 0.3) is 0 Å². The maximum atomic E-state index is 13.2. The summed E-state index contributed by atoms with van der Waals surface area (Å²) in [7, 11) is 0. The molecule has 0 atom stereocenters. The highest BCUT2D eigenvalue weighted by Crippen LogP contribution is 2.18. The van der Waals surface area contributed by atoms with E-state index in [0.717, 1.165) is 12.1 Å². The van der Waals surface area contributed by atoms with Gasteiger partial charge in [0.15, 0.2) is 6.29 Å². The first kappa shape index (κ1) is 13.6. The summed E-state index contributed by atoms with van der Waals surface area (Å²) in [6, 6.07) is 6.22. The van der Waals surface area contributed by atoms with Crippen molar-refractivity contribution in [1.29, 1.82) is 0 Å². The molecule has 1 aromatic carbocycles. The number of aromatic nitrogens is 1. The summed E-state index contributed by atoms with van der Waals surface area (Å²) in [5.41, 5.74) is 0.257. The zero-order valence-electron chi connectivity index (χ0n) is 10.2. The van der Waals surface area contributed by atoms with Crippen LogP contribution < -0.4 is 4.74 Å². The summed E-state index contributed by atoms with van der Waals surface area (Å²) in [6.07, 6.45) is 1.94. The quantitative estimate of drug-likeness (QED) is 0.476. The Morgan fingerprint density at radius 1 is 1.35 bits per heavy atom. The van der Waals surface area contributed by atoms with E-state index in [1.165, 1.54) is 24.4 Å². The van der Waals surface area contributed by atoms with Crippen molar-refractivity contribution in [3.8, 4) is 5.75 Å². The molecule has 7 heteroatoms. The first-order valence-electron chi connectivity index (χ1n) is 5.56. The predicted molar refractivity (Wildman–Crippen MR) is 67.0 cm³/mol. The maximum absolute atomic E-state index is 13.2. The van der Waals surface area contributed by atoms with Gasteiger partial charge in [-0.15, -0.1) is 0 Å². The third kappa shape index (κ3) is 3.35. The number of carbonyl (C=O) groups excluding carboxylic acids is 1. The molecule has 0 aliphatic rings. The molecule has 0 saturated carbocycles. The number of rotatable bonds is 5. The summed E-state index contributed by atoms with van der Waals surface area (Å²) in [4.78, 5) is 24.2. The first-order valence-corrected chi connectivity index (χ1v) is 5.56. The van der Waals surface area contributed by atoms with Crippen molar-refractivity contribution in [2.24, 2.45) is 0 Å². The van der Waals surface area contributed by atoms with Gasteiger partial charge in [-0.25, -0.2) is 9.37 Å². The van der Waals surface area contributed by atoms with Gasteiger partial charge in [-0.2, -0.15) is 0 Å². The number of ether oxygens (including phenoxy) is 1. The predicted octanol–water partition coefficient (Wildman–Crippen LogP) is 2.52. The highest BCUT2D eigenvalue weighted by atomic mass is 19.1. The molecule has 102 valence electrons. The van der Waals surface area contributed by atoms with Crippen molar-refractivity contribution < 1.29 is 18.8 Å². The van der Waals surface area contributed by atoms with Crippen molar-refractivity contribution in [1.82, 2.24) is 4.98 Å². The van der Waals surface area contributed by atoms with Crippen LogP contribution in [-0.4, -0.2) is 16.2 Å². The molecule has 0 bridgehead atoms. The molecule has 0 fully saturated rings. The van der Waals surface area contributed by atoms with Gasteiger partial charge in [0.2, 0.25) is 0 Å². The van der Waals surface area contributed by atoms with Gasteiger partial charge in [0.1, 0.15) is 23.9 Å². The Bertz CT molecular complexity index is 643. The lowest BCUT2D eigenvalue weighted by molar-refractivity contribution is -0.385. The lowest BCUT2D eigenvalue weighted by atomic mass is 10.2. The molecular weight excluding hydrogens is 267 g/mol. The third-order valence-electron chi connectivity index (χ3n) is 2.44. The number of carbonyl (C=O) groups is 1. The number of benzene rings is 1. The zero-order chi connectivity index (χ0) is 14.5. The number of nitrogens with zero attached hydrogens (tertiary/aromatic N) is 2. The van der Waals surface area contributed by atoms with E-state index in [-0.39, 0.29) is 18.0 Å². The number of nitro benzene ring substituents is 1. The summed E-state index contributed by atoms with van der Waals surface area (Å²) < 4.78 is 18.5. The molecule has 6 nitrogen and oxygen atoms in total. The Balaban J connectivity index is 2.09. The smallest absolute Gasteiger partial charge is 0.272 e. The van der Waals surface area contributed by atoms with E-state index in [2.05, 4.69) is 4.98 Å². The highest BCUT2D eigenvalue weighted by Gasteiger charge is 2.10. The fraction of sp³-hybridized carbons (Fsp3) is 0.0769. The monoisotopic (exact) mass is 276 g/mol. The van der Waals surface area contributed by atoms with Crippen LogP contribution >= 0.6 is 0 Å². The molecule has 0 saturated heterocycles. The lowest BCUT2D eigenvalue weighted by Gasteiger charge is -2.06. The van der Waals surface area contributed by atoms with Crippen molar-refractivity contribution in [3.05, 3.63) is 63.7 Å². The van der Waals surface area contributed by atoms with Gasteiger partial charge in [-0.05, 0) is 23.8 Å². The van der Waals surface area contributed by atoms with Crippen LogP contribution in [0.15, 0.2) is 36.5 Å². The first-order chi connectivity index (χ1) is 9.58. The average Bonchev–Trinajstić information content (AvgIpc) is 2.45. The molecule has 0 aliphatic carbocycles. The van der Waals surface area contributed by atoms with Crippen molar-refractivity contribution in [2.75, 3.05) is 0 Å². The number of hydrogen-bond donors (Lipinski definition) is 0. The lowest BCUT2D eigenvalue weighted by Crippen LogP contribution is -1.99. The van der Waals surface area contributed by atoms with E-state index >= 15 is 0 Å². The molecule has 0 radical (unpaired) electrons. The van der Waals surface area contributed by atoms with Crippen LogP contribution in [0.5, 0.6) is 5.75 Å². The minimum atomic E-state index is -0.702. The Hall–Kier alpha value is -2.83. The molecule has 0 amide bonds. The Labute approximate surface area is 113 Å². The molecule has 0 aliphatic heterocycles. The molecule has 0 unspecified atom stereocenters. The Morgan fingerprint density at radius 3 is 2.75 bits per heavy atom. The molecule has 0 N–H and O–H groups in total. The number of halogens is 1. The van der Waals surface area contributed by atoms with E-state index < -0.39 is 10.7 Å². The second-order valence-electron chi connectivity index (χ2n) is 3.90. The number of nitro groups is 1. The number of hydrogen-bond acceptors (Lipinski definition) is 5. The summed E-state index contributed by atoms with van der Waals surface area (Å²) in [5.74, 6) is -0.324. The van der Waals surface area contributed by atoms with Crippen LogP contribution in [-0.2, 0) is 6.61 Å². The standard InChI is InChI=1S/C13H9FN2O4/c14-10-3-9(4-12(5-10)16(18)19)8-20-13-2-1-11(7-17)15-6-13/h1-7H,8H2. The summed E-state index contributed by atoms with van der Waals surface area (Å²) in [6.45, 7) is -0.0410. The van der Waals surface area contributed by atoms with Crippen LogP contribution in [0.1, 0.15) is 16.1 Å². The molecule has 2 aromatic rings. The molecule has 0 spiro atoms. The van der Waals surface area contributed by atoms with Gasteiger partial charge in [0.05, 0.1) is 17.2 Å². The minimum absolute atomic E-state index is 0.0410. The summed E-state index contributed by atoms with van der Waals surface area (Å²) in [5, 5.41) is 10.6. The second kappa shape index (κ2) is 5.87. The Kier molecular flexibility index (Phi) is 3.99. The molecule has 2 rings (SSSR count). The Morgan fingerprint density at radius 2 is 2.15 bits per heavy atom. The third-order valence-corrected chi connectivity index (χ3v) is 2.44. The number of non-ortho nitro benzene ring substituents is 1. The normalized spacial score (nSPS) is 10.1. The molecular formula is C13H9FN2O4. The van der Waals surface area contributed by atoms with Crippen molar-refractivity contribution in [2.45, 2.75) is 6.61 Å². The van der Waals surface area contributed by atoms with E-state index in [1.54, 1.807) is 0 Å². The number of pyridine rings is 1. The van der Waals surface area contributed by atoms with E-state index in [1.807, 2.05) is 0 Å². The molecule has 20 heavy (non-hydrogen) atoms. The van der Waals surface area contributed by atoms with Crippen LogP contribution in [0.3, 0.4) is 0 Å². The van der Waals surface area contributed by atoms with Gasteiger partial charge in [-0.1, -0.05) is 0 Å². The largest absolute Gasteiger partial charge is 0.487 e. The fourth-order valence-electron chi connectivity index (χ4n) is 1.54. The van der Waals surface area contributed by atoms with Gasteiger partial charge in [-0.3, -0.25) is 14.9 Å². The van der Waals surface area contributed by atoms with Gasteiger partial charge in [0, 0.05) is 6.07 Å². The van der Waals surface area contributed by atoms with Crippen LogP contribution in [0.2, 0.25) is 0 Å². The van der Waals surface area contributed by atoms with E-state index in [0.29, 0.717) is 17.6 Å². The van der Waals surface area contributed by atoms with Crippen molar-refractivity contribution in [3.63, 3.8) is 0 Å². The topological polar surface area (TPSA) is 82.3 Å². The maximum Gasteiger partial charge on any atom is 0.272 e. The number of aldehydes is 1. The molecule has 1 heterocycles. The average molecular weight is 276 g/mol. The van der Waals surface area contributed by atoms with E-state index in [4.69, 9.17) is 4.74 Å². The summed E-state index contributed by atoms with van der Waals surface area (Å²) >= 11 is 0. The molecule has 1 aromatic heterocycles.